The van der Waals surface area contributed by atoms with E-state index in [0.29, 0.717) is 11.3 Å². The number of benzene rings is 1. The summed E-state index contributed by atoms with van der Waals surface area (Å²) in [5.41, 5.74) is 5.53. The third-order valence-electron chi connectivity index (χ3n) is 2.56. The van der Waals surface area contributed by atoms with Crippen LogP contribution in [0, 0.1) is 6.92 Å². The zero-order valence-corrected chi connectivity index (χ0v) is 9.97. The molecule has 0 saturated carbocycles. The van der Waals surface area contributed by atoms with Gasteiger partial charge in [0, 0.05) is 11.8 Å². The van der Waals surface area contributed by atoms with E-state index in [-0.39, 0.29) is 5.91 Å². The van der Waals surface area contributed by atoms with E-state index < -0.39 is 0 Å². The van der Waals surface area contributed by atoms with Crippen LogP contribution in [-0.2, 0) is 0 Å². The maximum absolute atomic E-state index is 12.0. The van der Waals surface area contributed by atoms with Gasteiger partial charge in [0.15, 0.2) is 0 Å². The summed E-state index contributed by atoms with van der Waals surface area (Å²) in [5.74, 6) is 5.17. The predicted molar refractivity (Wildman–Crippen MR) is 71.2 cm³/mol. The fraction of sp³-hybridized carbons (Fsp3) is 0.0769. The van der Waals surface area contributed by atoms with Gasteiger partial charge in [-0.2, -0.15) is 0 Å². The lowest BCUT2D eigenvalue weighted by atomic mass is 10.1. The molecule has 1 aromatic carbocycles. The molecular weight excluding hydrogens is 228 g/mol. The van der Waals surface area contributed by atoms with Crippen LogP contribution in [0.2, 0.25) is 0 Å². The number of nitrogens with one attached hydrogen (secondary N) is 2. The molecule has 1 aromatic heterocycles. The van der Waals surface area contributed by atoms with E-state index in [0.717, 1.165) is 11.3 Å². The highest BCUT2D eigenvalue weighted by Gasteiger charge is 2.07. The first-order chi connectivity index (χ1) is 8.70. The molecule has 0 fully saturated rings. The van der Waals surface area contributed by atoms with Crippen LogP contribution in [0.1, 0.15) is 15.9 Å². The Kier molecular flexibility index (Phi) is 3.54. The Morgan fingerprint density at radius 3 is 2.78 bits per heavy atom. The summed E-state index contributed by atoms with van der Waals surface area (Å²) >= 11 is 0. The summed E-state index contributed by atoms with van der Waals surface area (Å²) in [4.78, 5) is 15.9. The molecule has 0 saturated heterocycles. The summed E-state index contributed by atoms with van der Waals surface area (Å²) in [6, 6.07) is 8.82. The standard InChI is InChI=1S/C13H14N4O/c1-9-7-10(4-5-12(9)17-14)13(18)16-11-3-2-6-15-8-11/h2-8,17H,14H2,1H3,(H,16,18). The first kappa shape index (κ1) is 12.1. The van der Waals surface area contributed by atoms with Gasteiger partial charge in [-0.1, -0.05) is 0 Å². The molecule has 4 N–H and O–H groups in total. The third kappa shape index (κ3) is 2.64. The summed E-state index contributed by atoms with van der Waals surface area (Å²) < 4.78 is 0. The zero-order chi connectivity index (χ0) is 13.0. The maximum Gasteiger partial charge on any atom is 0.255 e. The minimum absolute atomic E-state index is 0.172. The second-order valence-corrected chi connectivity index (χ2v) is 3.87. The summed E-state index contributed by atoms with van der Waals surface area (Å²) in [7, 11) is 0. The van der Waals surface area contributed by atoms with Crippen LogP contribution in [0.3, 0.4) is 0 Å². The monoisotopic (exact) mass is 242 g/mol. The van der Waals surface area contributed by atoms with Crippen LogP contribution in [-0.4, -0.2) is 10.9 Å². The molecule has 0 unspecified atom stereocenters. The Bertz CT molecular complexity index is 554. The lowest BCUT2D eigenvalue weighted by Gasteiger charge is -2.08. The Morgan fingerprint density at radius 1 is 1.33 bits per heavy atom. The summed E-state index contributed by atoms with van der Waals surface area (Å²) in [5, 5.41) is 2.77. The maximum atomic E-state index is 12.0. The number of anilines is 2. The first-order valence-corrected chi connectivity index (χ1v) is 5.49. The molecule has 5 nitrogen and oxygen atoms in total. The number of carbonyl (C=O) groups excluding carboxylic acids is 1. The summed E-state index contributed by atoms with van der Waals surface area (Å²) in [6.45, 7) is 1.88. The van der Waals surface area contributed by atoms with Gasteiger partial charge in [-0.3, -0.25) is 15.6 Å². The van der Waals surface area contributed by atoms with Gasteiger partial charge in [0.2, 0.25) is 0 Å². The predicted octanol–water partition coefficient (Wildman–Crippen LogP) is 1.93. The quantitative estimate of drug-likeness (QED) is 0.567. The Morgan fingerprint density at radius 2 is 2.17 bits per heavy atom. The lowest BCUT2D eigenvalue weighted by Crippen LogP contribution is -2.13. The van der Waals surface area contributed by atoms with Crippen molar-refractivity contribution in [3.63, 3.8) is 0 Å². The molecular formula is C13H14N4O. The van der Waals surface area contributed by atoms with Gasteiger partial charge < -0.3 is 10.7 Å². The number of amides is 1. The third-order valence-corrected chi connectivity index (χ3v) is 2.56. The molecule has 0 bridgehead atoms. The Hall–Kier alpha value is -2.40. The SMILES string of the molecule is Cc1cc(C(=O)Nc2cccnc2)ccc1NN. The van der Waals surface area contributed by atoms with Gasteiger partial charge in [0.1, 0.15) is 0 Å². The number of nitrogen functional groups attached to an aromatic ring is 1. The number of aryl methyl sites for hydroxylation is 1. The van der Waals surface area contributed by atoms with Gasteiger partial charge in [-0.05, 0) is 42.8 Å². The first-order valence-electron chi connectivity index (χ1n) is 5.49. The van der Waals surface area contributed by atoms with E-state index in [1.165, 1.54) is 0 Å². The topological polar surface area (TPSA) is 80.0 Å². The van der Waals surface area contributed by atoms with E-state index in [1.807, 2.05) is 6.92 Å². The number of rotatable bonds is 3. The largest absolute Gasteiger partial charge is 0.324 e. The molecule has 1 heterocycles. The number of hydrazine groups is 1. The van der Waals surface area contributed by atoms with Gasteiger partial charge in [-0.25, -0.2) is 0 Å². The van der Waals surface area contributed by atoms with Gasteiger partial charge >= 0.3 is 0 Å². The molecule has 2 aromatic rings. The molecule has 18 heavy (non-hydrogen) atoms. The molecule has 0 aliphatic carbocycles. The second kappa shape index (κ2) is 5.29. The number of hydrogen-bond donors (Lipinski definition) is 3. The average Bonchev–Trinajstić information content (AvgIpc) is 2.39. The molecule has 0 aliphatic rings. The number of aromatic nitrogens is 1. The molecule has 92 valence electrons. The number of carbonyl (C=O) groups is 1. The Labute approximate surface area is 105 Å². The highest BCUT2D eigenvalue weighted by atomic mass is 16.1. The minimum atomic E-state index is -0.172. The van der Waals surface area contributed by atoms with Crippen molar-refractivity contribution in [2.45, 2.75) is 6.92 Å². The van der Waals surface area contributed by atoms with E-state index in [1.54, 1.807) is 42.7 Å². The average molecular weight is 242 g/mol. The molecule has 5 heteroatoms. The molecule has 0 atom stereocenters. The van der Waals surface area contributed by atoms with E-state index in [9.17, 15) is 4.79 Å². The van der Waals surface area contributed by atoms with Crippen molar-refractivity contribution in [1.29, 1.82) is 0 Å². The fourth-order valence-corrected chi connectivity index (χ4v) is 1.61. The number of nitrogens with zero attached hydrogens (tertiary/aromatic N) is 1. The molecule has 0 aliphatic heterocycles. The number of hydrogen-bond acceptors (Lipinski definition) is 4. The van der Waals surface area contributed by atoms with Crippen LogP contribution >= 0.6 is 0 Å². The van der Waals surface area contributed by atoms with Crippen LogP contribution in [0.25, 0.3) is 0 Å². The highest BCUT2D eigenvalue weighted by Crippen LogP contribution is 2.16. The van der Waals surface area contributed by atoms with Crippen molar-refractivity contribution in [2.24, 2.45) is 5.84 Å². The van der Waals surface area contributed by atoms with Gasteiger partial charge in [-0.15, -0.1) is 0 Å². The lowest BCUT2D eigenvalue weighted by molar-refractivity contribution is 0.102. The minimum Gasteiger partial charge on any atom is -0.324 e. The van der Waals surface area contributed by atoms with Crippen molar-refractivity contribution in [2.75, 3.05) is 10.7 Å². The van der Waals surface area contributed by atoms with Crippen LogP contribution in [0.5, 0.6) is 0 Å². The molecule has 2 rings (SSSR count). The van der Waals surface area contributed by atoms with Gasteiger partial charge in [0.05, 0.1) is 17.6 Å². The highest BCUT2D eigenvalue weighted by molar-refractivity contribution is 6.04. The van der Waals surface area contributed by atoms with Crippen molar-refractivity contribution >= 4 is 17.3 Å². The number of nitrogens with two attached hydrogens (primary N) is 1. The van der Waals surface area contributed by atoms with Crippen LogP contribution < -0.4 is 16.6 Å². The van der Waals surface area contributed by atoms with Crippen molar-refractivity contribution in [3.8, 4) is 0 Å². The van der Waals surface area contributed by atoms with Crippen molar-refractivity contribution < 1.29 is 4.79 Å². The fourth-order valence-electron chi connectivity index (χ4n) is 1.61. The second-order valence-electron chi connectivity index (χ2n) is 3.87. The molecule has 0 radical (unpaired) electrons. The normalized spacial score (nSPS) is 9.89. The van der Waals surface area contributed by atoms with E-state index in [2.05, 4.69) is 15.7 Å². The summed E-state index contributed by atoms with van der Waals surface area (Å²) in [6.07, 6.45) is 3.25. The van der Waals surface area contributed by atoms with Crippen LogP contribution in [0.15, 0.2) is 42.7 Å². The molecule has 0 spiro atoms. The Balaban J connectivity index is 2.17. The zero-order valence-electron chi connectivity index (χ0n) is 9.97. The van der Waals surface area contributed by atoms with E-state index >= 15 is 0 Å². The number of pyridine rings is 1. The van der Waals surface area contributed by atoms with E-state index in [4.69, 9.17) is 5.84 Å². The molecule has 1 amide bonds. The van der Waals surface area contributed by atoms with Gasteiger partial charge in [0.25, 0.3) is 5.91 Å². The van der Waals surface area contributed by atoms with Crippen molar-refractivity contribution in [3.05, 3.63) is 53.9 Å². The smallest absolute Gasteiger partial charge is 0.255 e. The van der Waals surface area contributed by atoms with Crippen LogP contribution in [0.4, 0.5) is 11.4 Å². The van der Waals surface area contributed by atoms with Crippen molar-refractivity contribution in [1.82, 2.24) is 4.98 Å².